The lowest BCUT2D eigenvalue weighted by molar-refractivity contribution is -0.385. The molecule has 0 spiro atoms. The summed E-state index contributed by atoms with van der Waals surface area (Å²) >= 11 is 0. The van der Waals surface area contributed by atoms with E-state index in [0.29, 0.717) is 33.8 Å². The van der Waals surface area contributed by atoms with Gasteiger partial charge in [0.25, 0.3) is 23.2 Å². The average Bonchev–Trinajstić information content (AvgIpc) is 2.94. The van der Waals surface area contributed by atoms with Gasteiger partial charge in [-0.05, 0) is 54.0 Å². The highest BCUT2D eigenvalue weighted by Gasteiger charge is 2.37. The van der Waals surface area contributed by atoms with E-state index in [-0.39, 0.29) is 35.0 Å². The van der Waals surface area contributed by atoms with E-state index in [1.807, 2.05) is 0 Å². The van der Waals surface area contributed by atoms with Gasteiger partial charge in [-0.15, -0.1) is 6.58 Å². The summed E-state index contributed by atoms with van der Waals surface area (Å²) in [7, 11) is 1.41. The highest BCUT2D eigenvalue weighted by Crippen LogP contribution is 2.35. The van der Waals surface area contributed by atoms with Crippen LogP contribution in [0.2, 0.25) is 0 Å². The first-order valence-electron chi connectivity index (χ1n) is 12.0. The SMILES string of the molecule is C=CCc1cc(/C=C2\C(=O)NC(=O)N(c3cccc([N+](=O)[O-])c3)C2=O)cc(OC)c1OCc1ccc([N+](=O)[O-])cc1. The number of imide groups is 2. The quantitative estimate of drug-likeness (QED) is 0.124. The van der Waals surface area contributed by atoms with Crippen LogP contribution in [0.25, 0.3) is 6.08 Å². The summed E-state index contributed by atoms with van der Waals surface area (Å²) in [6.07, 6.45) is 3.21. The van der Waals surface area contributed by atoms with Crippen molar-refractivity contribution in [3.8, 4) is 11.5 Å². The van der Waals surface area contributed by atoms with Crippen LogP contribution in [0.1, 0.15) is 16.7 Å². The molecule has 0 aromatic heterocycles. The van der Waals surface area contributed by atoms with Crippen molar-refractivity contribution in [2.24, 2.45) is 0 Å². The first kappa shape index (κ1) is 28.2. The van der Waals surface area contributed by atoms with Crippen LogP contribution in [0, 0.1) is 20.2 Å². The third kappa shape index (κ3) is 6.09. The van der Waals surface area contributed by atoms with E-state index < -0.39 is 27.7 Å². The van der Waals surface area contributed by atoms with Gasteiger partial charge in [-0.25, -0.2) is 9.69 Å². The predicted molar refractivity (Wildman–Crippen MR) is 146 cm³/mol. The number of rotatable bonds is 10. The molecule has 0 unspecified atom stereocenters. The first-order valence-corrected chi connectivity index (χ1v) is 12.0. The number of methoxy groups -OCH3 is 1. The predicted octanol–water partition coefficient (Wildman–Crippen LogP) is 4.49. The molecule has 208 valence electrons. The number of nitro groups is 2. The van der Waals surface area contributed by atoms with Gasteiger partial charge in [-0.3, -0.25) is 35.1 Å². The van der Waals surface area contributed by atoms with Crippen LogP contribution in [-0.2, 0) is 22.6 Å². The molecule has 0 bridgehead atoms. The van der Waals surface area contributed by atoms with E-state index in [1.165, 1.54) is 49.6 Å². The minimum absolute atomic E-state index is 0.0527. The Hall–Kier alpha value is -5.85. The minimum Gasteiger partial charge on any atom is -0.493 e. The van der Waals surface area contributed by atoms with Crippen LogP contribution >= 0.6 is 0 Å². The smallest absolute Gasteiger partial charge is 0.335 e. The van der Waals surface area contributed by atoms with Crippen molar-refractivity contribution in [3.05, 3.63) is 116 Å². The number of benzene rings is 3. The van der Waals surface area contributed by atoms with Gasteiger partial charge in [0.1, 0.15) is 12.2 Å². The lowest BCUT2D eigenvalue weighted by Gasteiger charge is -2.26. The molecule has 13 heteroatoms. The molecule has 1 aliphatic heterocycles. The maximum atomic E-state index is 13.3. The molecule has 4 rings (SSSR count). The van der Waals surface area contributed by atoms with Crippen molar-refractivity contribution in [2.75, 3.05) is 12.0 Å². The van der Waals surface area contributed by atoms with E-state index in [1.54, 1.807) is 24.3 Å². The van der Waals surface area contributed by atoms with Crippen molar-refractivity contribution in [1.29, 1.82) is 0 Å². The van der Waals surface area contributed by atoms with Crippen LogP contribution < -0.4 is 19.7 Å². The Balaban J connectivity index is 1.68. The third-order valence-corrected chi connectivity index (χ3v) is 5.98. The van der Waals surface area contributed by atoms with Crippen LogP contribution in [0.3, 0.4) is 0 Å². The number of non-ortho nitro benzene ring substituents is 2. The fourth-order valence-corrected chi connectivity index (χ4v) is 4.06. The molecule has 1 N–H and O–H groups in total. The molecular weight excluding hydrogens is 536 g/mol. The Labute approximate surface area is 232 Å². The van der Waals surface area contributed by atoms with Gasteiger partial charge in [0.2, 0.25) is 0 Å². The van der Waals surface area contributed by atoms with E-state index in [2.05, 4.69) is 11.9 Å². The van der Waals surface area contributed by atoms with Gasteiger partial charge in [-0.2, -0.15) is 0 Å². The van der Waals surface area contributed by atoms with E-state index in [0.717, 1.165) is 6.07 Å². The number of carbonyl (C=O) groups is 3. The summed E-state index contributed by atoms with van der Waals surface area (Å²) in [6.45, 7) is 3.82. The largest absolute Gasteiger partial charge is 0.493 e. The van der Waals surface area contributed by atoms with Crippen molar-refractivity contribution < 1.29 is 33.7 Å². The minimum atomic E-state index is -1.04. The Bertz CT molecular complexity index is 1610. The molecule has 1 saturated heterocycles. The van der Waals surface area contributed by atoms with Crippen LogP contribution in [0.4, 0.5) is 21.9 Å². The normalized spacial score (nSPS) is 14.0. The van der Waals surface area contributed by atoms with E-state index in [4.69, 9.17) is 9.47 Å². The Morgan fingerprint density at radius 2 is 1.68 bits per heavy atom. The number of nitro benzene ring substituents is 2. The number of nitrogens with one attached hydrogen (secondary N) is 1. The second-order valence-electron chi connectivity index (χ2n) is 8.65. The molecule has 1 heterocycles. The summed E-state index contributed by atoms with van der Waals surface area (Å²) in [5.74, 6) is -1.28. The standard InChI is InChI=1S/C28H22N4O9/c1-3-5-19-12-18(14-24(40-2)25(19)41-16-17-8-10-20(11-9-17)31(36)37)13-23-26(33)29-28(35)30(27(23)34)21-6-4-7-22(15-21)32(38)39/h3-4,6-15H,1,5,16H2,2H3,(H,29,33,35)/b23-13+. The second kappa shape index (κ2) is 11.9. The van der Waals surface area contributed by atoms with Gasteiger partial charge in [0.05, 0.1) is 22.6 Å². The lowest BCUT2D eigenvalue weighted by atomic mass is 10.0. The Morgan fingerprint density at radius 1 is 0.976 bits per heavy atom. The number of hydrogen-bond donors (Lipinski definition) is 1. The average molecular weight is 559 g/mol. The van der Waals surface area contributed by atoms with E-state index >= 15 is 0 Å². The molecule has 0 atom stereocenters. The zero-order valence-corrected chi connectivity index (χ0v) is 21.6. The van der Waals surface area contributed by atoms with E-state index in [9.17, 15) is 34.6 Å². The molecule has 41 heavy (non-hydrogen) atoms. The fourth-order valence-electron chi connectivity index (χ4n) is 4.06. The number of amides is 4. The second-order valence-corrected chi connectivity index (χ2v) is 8.65. The molecule has 1 fully saturated rings. The topological polar surface area (TPSA) is 171 Å². The lowest BCUT2D eigenvalue weighted by Crippen LogP contribution is -2.54. The number of anilines is 1. The summed E-state index contributed by atoms with van der Waals surface area (Å²) in [5.41, 5.74) is 0.777. The molecular formula is C28H22N4O9. The molecule has 1 aliphatic rings. The first-order chi connectivity index (χ1) is 19.6. The van der Waals surface area contributed by atoms with Crippen molar-refractivity contribution in [1.82, 2.24) is 5.32 Å². The summed E-state index contributed by atoms with van der Waals surface area (Å²) in [6, 6.07) is 12.9. The molecule has 0 aliphatic carbocycles. The maximum Gasteiger partial charge on any atom is 0.335 e. The van der Waals surface area contributed by atoms with Crippen LogP contribution in [-0.4, -0.2) is 34.8 Å². The zero-order chi connectivity index (χ0) is 29.7. The number of nitrogens with zero attached hydrogens (tertiary/aromatic N) is 3. The van der Waals surface area contributed by atoms with Crippen LogP contribution in [0.5, 0.6) is 11.5 Å². The molecule has 4 amide bonds. The highest BCUT2D eigenvalue weighted by atomic mass is 16.6. The number of urea groups is 1. The van der Waals surface area contributed by atoms with Crippen LogP contribution in [0.15, 0.2) is 78.9 Å². The fraction of sp³-hybridized carbons (Fsp3) is 0.107. The summed E-state index contributed by atoms with van der Waals surface area (Å²) in [4.78, 5) is 60.0. The van der Waals surface area contributed by atoms with Gasteiger partial charge < -0.3 is 9.47 Å². The Kier molecular flexibility index (Phi) is 8.18. The number of carbonyl (C=O) groups excluding carboxylic acids is 3. The van der Waals surface area contributed by atoms with Gasteiger partial charge in [0.15, 0.2) is 11.5 Å². The maximum absolute atomic E-state index is 13.3. The number of barbiturate groups is 1. The van der Waals surface area contributed by atoms with Gasteiger partial charge in [0, 0.05) is 29.8 Å². The molecule has 0 saturated carbocycles. The molecule has 13 nitrogen and oxygen atoms in total. The summed E-state index contributed by atoms with van der Waals surface area (Å²) < 4.78 is 11.5. The van der Waals surface area contributed by atoms with Crippen molar-refractivity contribution in [3.63, 3.8) is 0 Å². The summed E-state index contributed by atoms with van der Waals surface area (Å²) in [5, 5.41) is 24.2. The monoisotopic (exact) mass is 558 g/mol. The zero-order valence-electron chi connectivity index (χ0n) is 21.6. The molecule has 3 aromatic rings. The number of allylic oxidation sites excluding steroid dienone is 1. The number of hydrogen-bond acceptors (Lipinski definition) is 9. The van der Waals surface area contributed by atoms with Gasteiger partial charge in [-0.1, -0.05) is 12.1 Å². The highest BCUT2D eigenvalue weighted by molar-refractivity contribution is 6.39. The van der Waals surface area contributed by atoms with Crippen molar-refractivity contribution >= 4 is 41.0 Å². The van der Waals surface area contributed by atoms with Crippen molar-refractivity contribution in [2.45, 2.75) is 13.0 Å². The number of ether oxygens (including phenoxy) is 2. The molecule has 3 aromatic carbocycles. The third-order valence-electron chi connectivity index (χ3n) is 5.98. The van der Waals surface area contributed by atoms with Gasteiger partial charge >= 0.3 is 6.03 Å². The molecule has 0 radical (unpaired) electrons. The Morgan fingerprint density at radius 3 is 2.32 bits per heavy atom.